The van der Waals surface area contributed by atoms with Crippen LogP contribution >= 0.6 is 11.6 Å². The summed E-state index contributed by atoms with van der Waals surface area (Å²) in [6, 6.07) is 8.92. The minimum atomic E-state index is -0.294. The average molecular weight is 308 g/mol. The molecule has 6 heteroatoms. The third-order valence-corrected chi connectivity index (χ3v) is 3.32. The second-order valence-corrected chi connectivity index (χ2v) is 5.22. The van der Waals surface area contributed by atoms with Gasteiger partial charge in [0, 0.05) is 17.6 Å². The molecule has 0 bridgehead atoms. The molecule has 0 spiro atoms. The molecule has 0 saturated carbocycles. The molecule has 2 N–H and O–H groups in total. The maximum Gasteiger partial charge on any atom is 0.242 e. The first-order valence-electron chi connectivity index (χ1n) is 6.80. The molecule has 21 heavy (non-hydrogen) atoms. The molecule has 1 aromatic carbocycles. The van der Waals surface area contributed by atoms with Crippen LogP contribution in [0.15, 0.2) is 34.9 Å². The lowest BCUT2D eigenvalue weighted by Crippen LogP contribution is -2.39. The number of nitrogens with one attached hydrogen (secondary N) is 2. The molecule has 1 amide bonds. The van der Waals surface area contributed by atoms with Gasteiger partial charge in [0.2, 0.25) is 5.91 Å². The van der Waals surface area contributed by atoms with Crippen molar-refractivity contribution >= 4 is 23.3 Å². The van der Waals surface area contributed by atoms with Crippen molar-refractivity contribution in [3.8, 4) is 0 Å². The highest BCUT2D eigenvalue weighted by Crippen LogP contribution is 2.11. The maximum atomic E-state index is 12.2. The molecule has 0 aliphatic carbocycles. The van der Waals surface area contributed by atoms with Gasteiger partial charge in [0.25, 0.3) is 0 Å². The van der Waals surface area contributed by atoms with Crippen molar-refractivity contribution in [1.82, 2.24) is 10.5 Å². The Kier molecular flexibility index (Phi) is 5.36. The second-order valence-electron chi connectivity index (χ2n) is 4.78. The molecule has 0 radical (unpaired) electrons. The monoisotopic (exact) mass is 307 g/mol. The molecule has 0 aliphatic heterocycles. The van der Waals surface area contributed by atoms with E-state index in [-0.39, 0.29) is 11.9 Å². The minimum Gasteiger partial charge on any atom is -0.360 e. The molecule has 1 aromatic heterocycles. The molecule has 0 fully saturated rings. The van der Waals surface area contributed by atoms with Gasteiger partial charge >= 0.3 is 0 Å². The fraction of sp³-hybridized carbons (Fsp3) is 0.333. The summed E-state index contributed by atoms with van der Waals surface area (Å²) in [5.74, 6) is 0.969. The van der Waals surface area contributed by atoms with Crippen molar-refractivity contribution in [1.29, 1.82) is 0 Å². The second kappa shape index (κ2) is 7.24. The first-order valence-corrected chi connectivity index (χ1v) is 7.18. The number of carbonyl (C=O) groups excluding carboxylic acids is 1. The van der Waals surface area contributed by atoms with Gasteiger partial charge in [-0.1, -0.05) is 35.8 Å². The van der Waals surface area contributed by atoms with Crippen molar-refractivity contribution in [2.75, 3.05) is 5.32 Å². The van der Waals surface area contributed by atoms with Gasteiger partial charge in [-0.25, -0.2) is 0 Å². The zero-order chi connectivity index (χ0) is 15.2. The number of halogens is 1. The van der Waals surface area contributed by atoms with Crippen molar-refractivity contribution in [2.24, 2.45) is 0 Å². The van der Waals surface area contributed by atoms with E-state index in [1.165, 1.54) is 0 Å². The highest BCUT2D eigenvalue weighted by atomic mass is 35.5. The smallest absolute Gasteiger partial charge is 0.242 e. The molecule has 0 unspecified atom stereocenters. The number of amides is 1. The minimum absolute atomic E-state index is 0.125. The van der Waals surface area contributed by atoms with Crippen LogP contribution in [0.4, 0.5) is 5.82 Å². The SMILES string of the molecule is CC[C@@H](NCc1ccc(Cl)cc1)C(=O)Nc1cc(C)on1. The van der Waals surface area contributed by atoms with Gasteiger partial charge in [0.05, 0.1) is 6.04 Å². The Labute approximate surface area is 128 Å². The van der Waals surface area contributed by atoms with Crippen molar-refractivity contribution in [2.45, 2.75) is 32.9 Å². The van der Waals surface area contributed by atoms with E-state index >= 15 is 0 Å². The molecule has 1 heterocycles. The Morgan fingerprint density at radius 2 is 2.10 bits per heavy atom. The number of rotatable bonds is 6. The molecule has 2 rings (SSSR count). The number of aromatic nitrogens is 1. The lowest BCUT2D eigenvalue weighted by molar-refractivity contribution is -0.118. The Bertz CT molecular complexity index is 595. The lowest BCUT2D eigenvalue weighted by Gasteiger charge is -2.15. The van der Waals surface area contributed by atoms with Gasteiger partial charge in [0.1, 0.15) is 5.76 Å². The van der Waals surface area contributed by atoms with Crippen LogP contribution in [0, 0.1) is 6.92 Å². The Balaban J connectivity index is 1.89. The van der Waals surface area contributed by atoms with Crippen LogP contribution in [0.1, 0.15) is 24.7 Å². The summed E-state index contributed by atoms with van der Waals surface area (Å²) >= 11 is 5.84. The van der Waals surface area contributed by atoms with Gasteiger partial charge in [-0.15, -0.1) is 0 Å². The Morgan fingerprint density at radius 3 is 2.67 bits per heavy atom. The molecular formula is C15H18ClN3O2. The molecule has 112 valence electrons. The van der Waals surface area contributed by atoms with Crippen molar-refractivity contribution < 1.29 is 9.32 Å². The number of anilines is 1. The van der Waals surface area contributed by atoms with Crippen LogP contribution in [0.25, 0.3) is 0 Å². The van der Waals surface area contributed by atoms with Crippen molar-refractivity contribution in [3.63, 3.8) is 0 Å². The largest absolute Gasteiger partial charge is 0.360 e. The fourth-order valence-corrected chi connectivity index (χ4v) is 2.03. The van der Waals surface area contributed by atoms with E-state index in [1.54, 1.807) is 13.0 Å². The van der Waals surface area contributed by atoms with Crippen LogP contribution in [0.3, 0.4) is 0 Å². The zero-order valence-electron chi connectivity index (χ0n) is 12.0. The molecular weight excluding hydrogens is 290 g/mol. The number of aryl methyl sites for hydroxylation is 1. The van der Waals surface area contributed by atoms with E-state index in [4.69, 9.17) is 16.1 Å². The summed E-state index contributed by atoms with van der Waals surface area (Å²) < 4.78 is 4.92. The van der Waals surface area contributed by atoms with Gasteiger partial charge in [-0.3, -0.25) is 4.79 Å². The topological polar surface area (TPSA) is 67.2 Å². The first-order chi connectivity index (χ1) is 10.1. The summed E-state index contributed by atoms with van der Waals surface area (Å²) in [7, 11) is 0. The van der Waals surface area contributed by atoms with Gasteiger partial charge in [-0.2, -0.15) is 0 Å². The first kappa shape index (κ1) is 15.5. The van der Waals surface area contributed by atoms with Crippen LogP contribution in [0.2, 0.25) is 5.02 Å². The number of hydrogen-bond acceptors (Lipinski definition) is 4. The summed E-state index contributed by atoms with van der Waals surface area (Å²) in [5, 5.41) is 10.4. The predicted octanol–water partition coefficient (Wildman–Crippen LogP) is 3.14. The van der Waals surface area contributed by atoms with E-state index in [9.17, 15) is 4.79 Å². The van der Waals surface area contributed by atoms with Gasteiger partial charge in [-0.05, 0) is 31.0 Å². The van der Waals surface area contributed by atoms with Crippen LogP contribution in [0.5, 0.6) is 0 Å². The maximum absolute atomic E-state index is 12.2. The molecule has 0 saturated heterocycles. The third-order valence-electron chi connectivity index (χ3n) is 3.07. The zero-order valence-corrected chi connectivity index (χ0v) is 12.8. The fourth-order valence-electron chi connectivity index (χ4n) is 1.90. The number of hydrogen-bond donors (Lipinski definition) is 2. The number of carbonyl (C=O) groups is 1. The van der Waals surface area contributed by atoms with Crippen LogP contribution < -0.4 is 10.6 Å². The van der Waals surface area contributed by atoms with Gasteiger partial charge in [0.15, 0.2) is 5.82 Å². The average Bonchev–Trinajstić information content (AvgIpc) is 2.87. The van der Waals surface area contributed by atoms with Crippen LogP contribution in [-0.2, 0) is 11.3 Å². The van der Waals surface area contributed by atoms with E-state index < -0.39 is 0 Å². The molecule has 0 aliphatic rings. The van der Waals surface area contributed by atoms with E-state index in [0.717, 1.165) is 5.56 Å². The molecule has 5 nitrogen and oxygen atoms in total. The summed E-state index contributed by atoms with van der Waals surface area (Å²) in [6.45, 7) is 4.33. The summed E-state index contributed by atoms with van der Waals surface area (Å²) in [4.78, 5) is 12.2. The van der Waals surface area contributed by atoms with E-state index in [1.807, 2.05) is 31.2 Å². The quantitative estimate of drug-likeness (QED) is 0.860. The third kappa shape index (κ3) is 4.58. The predicted molar refractivity (Wildman–Crippen MR) is 82.2 cm³/mol. The normalized spacial score (nSPS) is 12.1. The van der Waals surface area contributed by atoms with Gasteiger partial charge < -0.3 is 15.2 Å². The standard InChI is InChI=1S/C15H18ClN3O2/c1-3-13(15(20)18-14-8-10(2)21-19-14)17-9-11-4-6-12(16)7-5-11/h4-8,13,17H,3,9H2,1-2H3,(H,18,19,20)/t13-/m1/s1. The highest BCUT2D eigenvalue weighted by molar-refractivity contribution is 6.30. The summed E-state index contributed by atoms with van der Waals surface area (Å²) in [5.41, 5.74) is 1.07. The highest BCUT2D eigenvalue weighted by Gasteiger charge is 2.17. The number of nitrogens with zero attached hydrogens (tertiary/aromatic N) is 1. The molecule has 1 atom stereocenters. The van der Waals surface area contributed by atoms with Crippen LogP contribution in [-0.4, -0.2) is 17.1 Å². The van der Waals surface area contributed by atoms with E-state index in [0.29, 0.717) is 29.6 Å². The van der Waals surface area contributed by atoms with Crippen molar-refractivity contribution in [3.05, 3.63) is 46.7 Å². The Hall–Kier alpha value is -1.85. The Morgan fingerprint density at radius 1 is 1.38 bits per heavy atom. The lowest BCUT2D eigenvalue weighted by atomic mass is 10.1. The molecule has 2 aromatic rings. The summed E-state index contributed by atoms with van der Waals surface area (Å²) in [6.07, 6.45) is 0.677. The number of benzene rings is 1. The van der Waals surface area contributed by atoms with E-state index in [2.05, 4.69) is 15.8 Å².